The van der Waals surface area contributed by atoms with E-state index in [2.05, 4.69) is 5.32 Å². The molecule has 1 unspecified atom stereocenters. The number of nitrogens with zero attached hydrogens (tertiary/aromatic N) is 1. The molecule has 0 fully saturated rings. The second-order valence-corrected chi connectivity index (χ2v) is 5.40. The fraction of sp³-hybridized carbons (Fsp3) is 0.312. The van der Waals surface area contributed by atoms with E-state index in [0.717, 1.165) is 5.69 Å². The molecule has 2 rings (SSSR count). The number of ether oxygens (including phenoxy) is 1. The minimum Gasteiger partial charge on any atom is -0.496 e. The average Bonchev–Trinajstić information content (AvgIpc) is 3.00. The molecule has 1 heterocycles. The van der Waals surface area contributed by atoms with Gasteiger partial charge in [-0.05, 0) is 31.5 Å². The monoisotopic (exact) mass is 322 g/mol. The molecule has 22 heavy (non-hydrogen) atoms. The normalized spacial score (nSPS) is 12.0. The van der Waals surface area contributed by atoms with Gasteiger partial charge in [-0.2, -0.15) is 0 Å². The number of carbonyl (C=O) groups is 1. The number of halogens is 1. The van der Waals surface area contributed by atoms with Gasteiger partial charge in [0.05, 0.1) is 29.5 Å². The van der Waals surface area contributed by atoms with Gasteiger partial charge in [-0.15, -0.1) is 0 Å². The van der Waals surface area contributed by atoms with Crippen LogP contribution < -0.4 is 10.1 Å². The summed E-state index contributed by atoms with van der Waals surface area (Å²) in [6.45, 7) is 2.06. The van der Waals surface area contributed by atoms with Crippen LogP contribution in [0.25, 0.3) is 5.69 Å². The van der Waals surface area contributed by atoms with Crippen molar-refractivity contribution in [3.63, 3.8) is 0 Å². The van der Waals surface area contributed by atoms with Crippen molar-refractivity contribution in [2.45, 2.75) is 19.4 Å². The SMILES string of the molecule is COc1cc(-n2cccc2)c(Cl)cc1C(=O)NCCC(C)O. The van der Waals surface area contributed by atoms with Gasteiger partial charge in [0.1, 0.15) is 5.75 Å². The molecule has 1 atom stereocenters. The number of hydrogen-bond acceptors (Lipinski definition) is 3. The highest BCUT2D eigenvalue weighted by Gasteiger charge is 2.16. The summed E-state index contributed by atoms with van der Waals surface area (Å²) in [6.07, 6.45) is 3.76. The predicted molar refractivity (Wildman–Crippen MR) is 86.0 cm³/mol. The molecule has 1 aromatic heterocycles. The first-order chi connectivity index (χ1) is 10.5. The molecule has 0 radical (unpaired) electrons. The summed E-state index contributed by atoms with van der Waals surface area (Å²) in [5, 5.41) is 12.4. The van der Waals surface area contributed by atoms with Crippen LogP contribution in [0.15, 0.2) is 36.7 Å². The molecule has 0 aliphatic carbocycles. The predicted octanol–water partition coefficient (Wildman–Crippen LogP) is 2.64. The number of aliphatic hydroxyl groups excluding tert-OH is 1. The highest BCUT2D eigenvalue weighted by molar-refractivity contribution is 6.33. The lowest BCUT2D eigenvalue weighted by atomic mass is 10.1. The summed E-state index contributed by atoms with van der Waals surface area (Å²) in [7, 11) is 1.51. The molecule has 0 aliphatic rings. The van der Waals surface area contributed by atoms with Crippen LogP contribution in [0.4, 0.5) is 0 Å². The van der Waals surface area contributed by atoms with E-state index in [0.29, 0.717) is 29.3 Å². The smallest absolute Gasteiger partial charge is 0.255 e. The largest absolute Gasteiger partial charge is 0.496 e. The number of rotatable bonds is 6. The maximum atomic E-state index is 12.2. The van der Waals surface area contributed by atoms with Crippen molar-refractivity contribution >= 4 is 17.5 Å². The molecule has 2 aromatic rings. The first kappa shape index (κ1) is 16.4. The van der Waals surface area contributed by atoms with E-state index in [1.807, 2.05) is 29.1 Å². The molecule has 118 valence electrons. The van der Waals surface area contributed by atoms with Crippen molar-refractivity contribution in [2.75, 3.05) is 13.7 Å². The quantitative estimate of drug-likeness (QED) is 0.859. The molecule has 0 spiro atoms. The molecule has 0 bridgehead atoms. The number of carbonyl (C=O) groups excluding carboxylic acids is 1. The lowest BCUT2D eigenvalue weighted by Crippen LogP contribution is -2.27. The standard InChI is InChI=1S/C16H19ClN2O3/c1-11(20)5-6-18-16(21)12-9-13(17)14(10-15(12)22-2)19-7-3-4-8-19/h3-4,7-11,20H,5-6H2,1-2H3,(H,18,21). The van der Waals surface area contributed by atoms with Crippen LogP contribution in [0, 0.1) is 0 Å². The van der Waals surface area contributed by atoms with Gasteiger partial charge < -0.3 is 19.7 Å². The molecule has 0 aliphatic heterocycles. The van der Waals surface area contributed by atoms with Gasteiger partial charge in [-0.1, -0.05) is 11.6 Å². The van der Waals surface area contributed by atoms with Crippen LogP contribution in [0.2, 0.25) is 5.02 Å². The van der Waals surface area contributed by atoms with Crippen LogP contribution in [0.1, 0.15) is 23.7 Å². The minimum atomic E-state index is -0.457. The zero-order chi connectivity index (χ0) is 16.1. The van der Waals surface area contributed by atoms with Crippen LogP contribution in [0.5, 0.6) is 5.75 Å². The third-order valence-corrected chi connectivity index (χ3v) is 3.55. The van der Waals surface area contributed by atoms with Gasteiger partial charge in [0, 0.05) is 25.0 Å². The number of amides is 1. The van der Waals surface area contributed by atoms with Crippen molar-refractivity contribution < 1.29 is 14.6 Å². The molecule has 6 heteroatoms. The molecule has 2 N–H and O–H groups in total. The molecular formula is C16H19ClN2O3. The van der Waals surface area contributed by atoms with Crippen LogP contribution >= 0.6 is 11.6 Å². The Balaban J connectivity index is 2.25. The third kappa shape index (κ3) is 3.81. The van der Waals surface area contributed by atoms with E-state index in [-0.39, 0.29) is 5.91 Å². The van der Waals surface area contributed by atoms with Crippen molar-refractivity contribution in [1.29, 1.82) is 0 Å². The highest BCUT2D eigenvalue weighted by atomic mass is 35.5. The topological polar surface area (TPSA) is 63.5 Å². The average molecular weight is 323 g/mol. The zero-order valence-corrected chi connectivity index (χ0v) is 13.3. The van der Waals surface area contributed by atoms with E-state index >= 15 is 0 Å². The van der Waals surface area contributed by atoms with Crippen LogP contribution in [-0.4, -0.2) is 35.3 Å². The highest BCUT2D eigenvalue weighted by Crippen LogP contribution is 2.29. The lowest BCUT2D eigenvalue weighted by Gasteiger charge is -2.14. The summed E-state index contributed by atoms with van der Waals surface area (Å²) in [5.74, 6) is 0.168. The Kier molecular flexibility index (Phi) is 5.46. The number of aromatic nitrogens is 1. The second-order valence-electron chi connectivity index (χ2n) is 4.99. The van der Waals surface area contributed by atoms with Gasteiger partial charge in [0.2, 0.25) is 0 Å². The van der Waals surface area contributed by atoms with Crippen LogP contribution in [0.3, 0.4) is 0 Å². The Morgan fingerprint density at radius 1 is 1.41 bits per heavy atom. The molecule has 0 saturated heterocycles. The summed E-state index contributed by atoms with van der Waals surface area (Å²) in [4.78, 5) is 12.2. The number of aliphatic hydroxyl groups is 1. The fourth-order valence-electron chi connectivity index (χ4n) is 2.07. The Morgan fingerprint density at radius 3 is 2.68 bits per heavy atom. The summed E-state index contributed by atoms with van der Waals surface area (Å²) in [5.41, 5.74) is 1.11. The first-order valence-corrected chi connectivity index (χ1v) is 7.38. The van der Waals surface area contributed by atoms with E-state index in [1.165, 1.54) is 7.11 Å². The van der Waals surface area contributed by atoms with Crippen molar-refractivity contribution in [3.05, 3.63) is 47.2 Å². The molecule has 5 nitrogen and oxygen atoms in total. The summed E-state index contributed by atoms with van der Waals surface area (Å²) in [6, 6.07) is 7.10. The minimum absolute atomic E-state index is 0.279. The Morgan fingerprint density at radius 2 is 2.09 bits per heavy atom. The lowest BCUT2D eigenvalue weighted by molar-refractivity contribution is 0.0942. The zero-order valence-electron chi connectivity index (χ0n) is 12.5. The molecule has 1 amide bonds. The molecule has 0 saturated carbocycles. The van der Waals surface area contributed by atoms with Gasteiger partial charge >= 0.3 is 0 Å². The first-order valence-electron chi connectivity index (χ1n) is 7.00. The van der Waals surface area contributed by atoms with Gasteiger partial charge in [-0.25, -0.2) is 0 Å². The third-order valence-electron chi connectivity index (χ3n) is 3.24. The Labute approximate surface area is 134 Å². The van der Waals surface area contributed by atoms with Crippen molar-refractivity contribution in [1.82, 2.24) is 9.88 Å². The number of hydrogen-bond donors (Lipinski definition) is 2. The number of nitrogens with one attached hydrogen (secondary N) is 1. The van der Waals surface area contributed by atoms with Gasteiger partial charge in [0.25, 0.3) is 5.91 Å². The maximum absolute atomic E-state index is 12.2. The van der Waals surface area contributed by atoms with E-state index in [9.17, 15) is 9.90 Å². The van der Waals surface area contributed by atoms with Gasteiger partial charge in [-0.3, -0.25) is 4.79 Å². The van der Waals surface area contributed by atoms with Gasteiger partial charge in [0.15, 0.2) is 0 Å². The van der Waals surface area contributed by atoms with E-state index in [1.54, 1.807) is 19.1 Å². The Hall–Kier alpha value is -1.98. The maximum Gasteiger partial charge on any atom is 0.255 e. The summed E-state index contributed by atoms with van der Waals surface area (Å²) < 4.78 is 7.15. The Bertz CT molecular complexity index is 639. The van der Waals surface area contributed by atoms with Crippen molar-refractivity contribution in [2.24, 2.45) is 0 Å². The molecular weight excluding hydrogens is 304 g/mol. The number of methoxy groups -OCH3 is 1. The van der Waals surface area contributed by atoms with E-state index < -0.39 is 6.10 Å². The second kappa shape index (κ2) is 7.33. The van der Waals surface area contributed by atoms with E-state index in [4.69, 9.17) is 16.3 Å². The van der Waals surface area contributed by atoms with Crippen molar-refractivity contribution in [3.8, 4) is 11.4 Å². The summed E-state index contributed by atoms with van der Waals surface area (Å²) >= 11 is 6.28. The van der Waals surface area contributed by atoms with Crippen LogP contribution in [-0.2, 0) is 0 Å². The molecule has 1 aromatic carbocycles. The number of benzene rings is 1. The fourth-order valence-corrected chi connectivity index (χ4v) is 2.33.